The zero-order valence-corrected chi connectivity index (χ0v) is 16.4. The van der Waals surface area contributed by atoms with E-state index in [9.17, 15) is 9.59 Å². The number of hydrazone groups is 1. The van der Waals surface area contributed by atoms with Gasteiger partial charge < -0.3 is 4.42 Å². The van der Waals surface area contributed by atoms with Gasteiger partial charge in [-0.3, -0.25) is 9.20 Å². The van der Waals surface area contributed by atoms with Gasteiger partial charge in [0.15, 0.2) is 5.65 Å². The molecule has 30 heavy (non-hydrogen) atoms. The second-order valence-electron chi connectivity index (χ2n) is 6.91. The number of benzene rings is 1. The van der Waals surface area contributed by atoms with Gasteiger partial charge in [-0.2, -0.15) is 5.10 Å². The first-order chi connectivity index (χ1) is 14.6. The Hall–Kier alpha value is -3.65. The fourth-order valence-corrected chi connectivity index (χ4v) is 3.78. The smallest absolute Gasteiger partial charge is 0.350 e. The lowest BCUT2D eigenvalue weighted by Crippen LogP contribution is -2.34. The van der Waals surface area contributed by atoms with Crippen LogP contribution in [0.1, 0.15) is 23.8 Å². The van der Waals surface area contributed by atoms with Crippen molar-refractivity contribution in [1.29, 1.82) is 0 Å². The van der Waals surface area contributed by atoms with Crippen molar-refractivity contribution in [1.82, 2.24) is 19.2 Å². The number of hydrogen-bond donors (Lipinski definition) is 0. The van der Waals surface area contributed by atoms with E-state index in [0.29, 0.717) is 28.6 Å². The number of pyridine rings is 1. The van der Waals surface area contributed by atoms with Gasteiger partial charge in [-0.1, -0.05) is 29.8 Å². The molecule has 0 spiro atoms. The third kappa shape index (κ3) is 3.21. The standard InChI is InChI=1S/C21H16ClN5O3/c22-15-6-3-5-14(11-15)17-12-16(18-7-4-10-30-18)23-27(17)20(28)13-26-21(29)25-9-2-1-8-19(25)24-26/h1-11,17H,12-13H2. The maximum absolute atomic E-state index is 13.2. The molecule has 1 aliphatic heterocycles. The van der Waals surface area contributed by atoms with E-state index in [1.807, 2.05) is 18.2 Å². The van der Waals surface area contributed by atoms with Crippen molar-refractivity contribution >= 4 is 28.9 Å². The maximum Gasteiger partial charge on any atom is 0.350 e. The number of fused-ring (bicyclic) bond motifs is 1. The molecule has 0 aliphatic carbocycles. The SMILES string of the molecule is O=C(Cn1nc2ccccn2c1=O)N1N=C(c2ccco2)CC1c1cccc(Cl)c1. The van der Waals surface area contributed by atoms with Gasteiger partial charge in [-0.25, -0.2) is 14.5 Å². The van der Waals surface area contributed by atoms with Crippen LogP contribution >= 0.6 is 11.6 Å². The monoisotopic (exact) mass is 421 g/mol. The van der Waals surface area contributed by atoms with Crippen LogP contribution in [-0.4, -0.2) is 30.8 Å². The molecule has 0 bridgehead atoms. The lowest BCUT2D eigenvalue weighted by atomic mass is 10.0. The van der Waals surface area contributed by atoms with Crippen molar-refractivity contribution in [3.05, 3.63) is 93.9 Å². The second-order valence-corrected chi connectivity index (χ2v) is 7.34. The second kappa shape index (κ2) is 7.31. The molecule has 9 heteroatoms. The predicted octanol–water partition coefficient (Wildman–Crippen LogP) is 3.12. The first-order valence-electron chi connectivity index (χ1n) is 9.33. The topological polar surface area (TPSA) is 85.1 Å². The molecule has 0 saturated carbocycles. The minimum Gasteiger partial charge on any atom is -0.463 e. The molecule has 0 fully saturated rings. The van der Waals surface area contributed by atoms with Gasteiger partial charge in [0.2, 0.25) is 0 Å². The summed E-state index contributed by atoms with van der Waals surface area (Å²) in [5.74, 6) is 0.245. The molecule has 1 atom stereocenters. The van der Waals surface area contributed by atoms with Gasteiger partial charge in [-0.05, 0) is 42.0 Å². The molecule has 4 aromatic rings. The molecule has 8 nitrogen and oxygen atoms in total. The van der Waals surface area contributed by atoms with E-state index in [1.54, 1.807) is 48.9 Å². The van der Waals surface area contributed by atoms with Crippen molar-refractivity contribution in [2.45, 2.75) is 19.0 Å². The minimum absolute atomic E-state index is 0.230. The molecular weight excluding hydrogens is 406 g/mol. The van der Waals surface area contributed by atoms with Gasteiger partial charge in [0, 0.05) is 17.6 Å². The summed E-state index contributed by atoms with van der Waals surface area (Å²) in [5.41, 5.74) is 1.60. The highest BCUT2D eigenvalue weighted by Crippen LogP contribution is 2.34. The van der Waals surface area contributed by atoms with E-state index in [1.165, 1.54) is 9.41 Å². The van der Waals surface area contributed by atoms with Crippen LogP contribution in [0, 0.1) is 0 Å². The van der Waals surface area contributed by atoms with Crippen LogP contribution in [0.2, 0.25) is 5.02 Å². The first kappa shape index (κ1) is 18.4. The third-order valence-electron chi connectivity index (χ3n) is 4.98. The highest BCUT2D eigenvalue weighted by molar-refractivity contribution is 6.30. The molecular formula is C21H16ClN5O3. The predicted molar refractivity (Wildman–Crippen MR) is 110 cm³/mol. The van der Waals surface area contributed by atoms with Crippen LogP contribution in [0.4, 0.5) is 0 Å². The number of furan rings is 1. The van der Waals surface area contributed by atoms with Crippen LogP contribution < -0.4 is 5.69 Å². The maximum atomic E-state index is 13.2. The highest BCUT2D eigenvalue weighted by atomic mass is 35.5. The van der Waals surface area contributed by atoms with Gasteiger partial charge in [-0.15, -0.1) is 5.10 Å². The average molecular weight is 422 g/mol. The Morgan fingerprint density at radius 3 is 2.83 bits per heavy atom. The van der Waals surface area contributed by atoms with Crippen molar-refractivity contribution in [3.8, 4) is 0 Å². The number of carbonyl (C=O) groups excluding carboxylic acids is 1. The Bertz CT molecular complexity index is 1320. The fourth-order valence-electron chi connectivity index (χ4n) is 3.58. The lowest BCUT2D eigenvalue weighted by molar-refractivity contribution is -0.133. The molecule has 0 N–H and O–H groups in total. The molecule has 5 rings (SSSR count). The van der Waals surface area contributed by atoms with Gasteiger partial charge in [0.05, 0.1) is 12.3 Å². The largest absolute Gasteiger partial charge is 0.463 e. The molecule has 150 valence electrons. The number of nitrogens with zero attached hydrogens (tertiary/aromatic N) is 5. The molecule has 1 amide bonds. The van der Waals surface area contributed by atoms with E-state index < -0.39 is 0 Å². The van der Waals surface area contributed by atoms with E-state index in [2.05, 4.69) is 10.2 Å². The van der Waals surface area contributed by atoms with Crippen molar-refractivity contribution in [2.75, 3.05) is 0 Å². The van der Waals surface area contributed by atoms with Crippen LogP contribution in [0.15, 0.2) is 81.4 Å². The van der Waals surface area contributed by atoms with E-state index in [4.69, 9.17) is 16.0 Å². The molecule has 1 unspecified atom stereocenters. The van der Waals surface area contributed by atoms with Gasteiger partial charge in [0.1, 0.15) is 18.0 Å². The van der Waals surface area contributed by atoms with Gasteiger partial charge >= 0.3 is 5.69 Å². The number of hydrogen-bond acceptors (Lipinski definition) is 5. The third-order valence-corrected chi connectivity index (χ3v) is 5.21. The summed E-state index contributed by atoms with van der Waals surface area (Å²) in [6, 6.07) is 15.7. The number of carbonyl (C=O) groups is 1. The van der Waals surface area contributed by atoms with Crippen LogP contribution in [0.5, 0.6) is 0 Å². The van der Waals surface area contributed by atoms with Gasteiger partial charge in [0.25, 0.3) is 5.91 Å². The zero-order valence-electron chi connectivity index (χ0n) is 15.7. The summed E-state index contributed by atoms with van der Waals surface area (Å²) < 4.78 is 8.00. The van der Waals surface area contributed by atoms with Crippen LogP contribution in [0.3, 0.4) is 0 Å². The van der Waals surface area contributed by atoms with Crippen molar-refractivity contribution in [2.24, 2.45) is 5.10 Å². The Labute approximate surface area is 175 Å². The Balaban J connectivity index is 1.50. The summed E-state index contributed by atoms with van der Waals surface area (Å²) in [6.07, 6.45) is 3.65. The quantitative estimate of drug-likeness (QED) is 0.506. The molecule has 3 aromatic heterocycles. The summed E-state index contributed by atoms with van der Waals surface area (Å²) in [5, 5.41) is 10.7. The number of amides is 1. The molecule has 1 aromatic carbocycles. The summed E-state index contributed by atoms with van der Waals surface area (Å²) in [4.78, 5) is 25.7. The summed E-state index contributed by atoms with van der Waals surface area (Å²) in [6.45, 7) is -0.230. The minimum atomic E-state index is -0.382. The molecule has 4 heterocycles. The normalized spacial score (nSPS) is 16.2. The summed E-state index contributed by atoms with van der Waals surface area (Å²) >= 11 is 6.16. The Kier molecular flexibility index (Phi) is 4.48. The van der Waals surface area contributed by atoms with E-state index in [-0.39, 0.29) is 24.2 Å². The number of aromatic nitrogens is 3. The van der Waals surface area contributed by atoms with Crippen molar-refractivity contribution < 1.29 is 9.21 Å². The molecule has 0 radical (unpaired) electrons. The zero-order chi connectivity index (χ0) is 20.7. The average Bonchev–Trinajstić information content (AvgIpc) is 3.48. The van der Waals surface area contributed by atoms with E-state index in [0.717, 1.165) is 10.2 Å². The highest BCUT2D eigenvalue weighted by Gasteiger charge is 2.34. The number of rotatable bonds is 4. The summed E-state index contributed by atoms with van der Waals surface area (Å²) in [7, 11) is 0. The Morgan fingerprint density at radius 2 is 2.07 bits per heavy atom. The lowest BCUT2D eigenvalue weighted by Gasteiger charge is -2.22. The number of halogens is 1. The van der Waals surface area contributed by atoms with Crippen molar-refractivity contribution in [3.63, 3.8) is 0 Å². The molecule has 0 saturated heterocycles. The van der Waals surface area contributed by atoms with E-state index >= 15 is 0 Å². The van der Waals surface area contributed by atoms with Crippen LogP contribution in [-0.2, 0) is 11.3 Å². The molecule has 1 aliphatic rings. The fraction of sp³-hybridized carbons (Fsp3) is 0.143. The Morgan fingerprint density at radius 1 is 1.17 bits per heavy atom. The van der Waals surface area contributed by atoms with Crippen LogP contribution in [0.25, 0.3) is 5.65 Å². The first-order valence-corrected chi connectivity index (χ1v) is 9.71.